The van der Waals surface area contributed by atoms with Gasteiger partial charge in [-0.3, -0.25) is 4.90 Å². The number of carbonyl (C=O) groups excluding carboxylic acids is 1. The lowest BCUT2D eigenvalue weighted by atomic mass is 10.2. The molecule has 10 heteroatoms. The minimum Gasteiger partial charge on any atom is -0.476 e. The molecule has 0 bridgehead atoms. The molecule has 0 atom stereocenters. The van der Waals surface area contributed by atoms with Crippen LogP contribution in [0.15, 0.2) is 66.2 Å². The number of carboxylic acid groups (broad SMARTS) is 1. The third kappa shape index (κ3) is 5.27. The van der Waals surface area contributed by atoms with E-state index in [1.165, 1.54) is 24.4 Å². The highest BCUT2D eigenvalue weighted by molar-refractivity contribution is 5.86. The second-order valence-corrected chi connectivity index (χ2v) is 7.38. The Hall–Kier alpha value is -3.79. The number of aromatic carboxylic acids is 1. The summed E-state index contributed by atoms with van der Waals surface area (Å²) in [5.74, 6) is -0.648. The van der Waals surface area contributed by atoms with Crippen molar-refractivity contribution in [1.29, 1.82) is 0 Å². The number of piperazine rings is 1. The van der Waals surface area contributed by atoms with E-state index in [9.17, 15) is 14.0 Å². The third-order valence-corrected chi connectivity index (χ3v) is 5.10. The van der Waals surface area contributed by atoms with E-state index >= 15 is 0 Å². The van der Waals surface area contributed by atoms with Crippen LogP contribution in [-0.2, 0) is 0 Å². The predicted molar refractivity (Wildman–Crippen MR) is 113 cm³/mol. The van der Waals surface area contributed by atoms with Gasteiger partial charge in [0, 0.05) is 45.0 Å². The van der Waals surface area contributed by atoms with Crippen molar-refractivity contribution in [2.75, 3.05) is 32.7 Å². The van der Waals surface area contributed by atoms with Crippen molar-refractivity contribution >= 4 is 12.0 Å². The van der Waals surface area contributed by atoms with Crippen LogP contribution in [0.2, 0.25) is 0 Å². The van der Waals surface area contributed by atoms with E-state index < -0.39 is 11.8 Å². The smallest absolute Gasteiger partial charge is 0.356 e. The van der Waals surface area contributed by atoms with Crippen LogP contribution in [0.3, 0.4) is 0 Å². The second kappa shape index (κ2) is 9.56. The molecule has 0 unspecified atom stereocenters. The maximum absolute atomic E-state index is 13.0. The van der Waals surface area contributed by atoms with Crippen molar-refractivity contribution in [3.05, 3.63) is 77.7 Å². The molecule has 1 amide bonds. The van der Waals surface area contributed by atoms with E-state index in [4.69, 9.17) is 9.84 Å². The molecular formula is C22H22FN5O4. The summed E-state index contributed by atoms with van der Waals surface area (Å²) in [6.07, 6.45) is 11.1. The van der Waals surface area contributed by atoms with E-state index in [1.807, 2.05) is 18.2 Å². The van der Waals surface area contributed by atoms with Crippen molar-refractivity contribution in [2.45, 2.75) is 6.42 Å². The monoisotopic (exact) mass is 439 g/mol. The molecule has 0 radical (unpaired) electrons. The Labute approximate surface area is 183 Å². The molecule has 1 aliphatic carbocycles. The Balaban J connectivity index is 1.32. The first-order valence-corrected chi connectivity index (χ1v) is 10.2. The fraction of sp³-hybridized carbons (Fsp3) is 0.273. The number of rotatable bonds is 5. The van der Waals surface area contributed by atoms with E-state index in [1.54, 1.807) is 4.90 Å². The van der Waals surface area contributed by atoms with Gasteiger partial charge in [-0.2, -0.15) is 9.78 Å². The van der Waals surface area contributed by atoms with Crippen molar-refractivity contribution < 1.29 is 23.8 Å². The number of aromatic nitrogens is 3. The van der Waals surface area contributed by atoms with Gasteiger partial charge < -0.3 is 14.7 Å². The average molecular weight is 439 g/mol. The summed E-state index contributed by atoms with van der Waals surface area (Å²) in [6.45, 7) is 3.07. The van der Waals surface area contributed by atoms with E-state index in [2.05, 4.69) is 21.1 Å². The van der Waals surface area contributed by atoms with Crippen LogP contribution in [0.25, 0.3) is 0 Å². The van der Waals surface area contributed by atoms with Gasteiger partial charge in [0.05, 0.1) is 6.20 Å². The number of nitrogens with zero attached hydrogens (tertiary/aromatic N) is 5. The molecule has 166 valence electrons. The molecule has 4 rings (SSSR count). The van der Waals surface area contributed by atoms with Gasteiger partial charge in [0.1, 0.15) is 11.6 Å². The molecule has 2 aromatic rings. The predicted octanol–water partition coefficient (Wildman–Crippen LogP) is 2.55. The molecule has 2 aromatic heterocycles. The number of allylic oxidation sites excluding steroid dienone is 3. The maximum atomic E-state index is 13.0. The first-order valence-electron chi connectivity index (χ1n) is 10.2. The molecule has 9 nitrogen and oxygen atoms in total. The van der Waals surface area contributed by atoms with E-state index in [-0.39, 0.29) is 11.7 Å². The van der Waals surface area contributed by atoms with Crippen LogP contribution in [0.5, 0.6) is 5.88 Å². The van der Waals surface area contributed by atoms with Gasteiger partial charge in [-0.25, -0.2) is 19.0 Å². The number of carbonyl (C=O) groups is 2. The van der Waals surface area contributed by atoms with Gasteiger partial charge in [0.15, 0.2) is 5.69 Å². The molecule has 0 saturated carbocycles. The number of ether oxygens (including phenoxy) is 1. The van der Waals surface area contributed by atoms with E-state index in [0.29, 0.717) is 44.4 Å². The SMILES string of the molecule is O=C(O)c1ccn(C(=O)N2CCN(CC3=CCC=CC(Oc4ccc(F)cn4)=C3)CC2)n1. The number of amides is 1. The Morgan fingerprint density at radius 1 is 1.16 bits per heavy atom. The van der Waals surface area contributed by atoms with Crippen molar-refractivity contribution in [3.8, 4) is 5.88 Å². The standard InChI is InChI=1S/C22H22FN5O4/c23-17-5-6-20(24-14-17)32-18-4-2-1-3-16(13-18)15-26-9-11-27(12-10-26)22(31)28-8-7-19(25-28)21(29)30/h2-8,13-14H,1,9-12,15H2,(H,29,30). The minimum absolute atomic E-state index is 0.161. The molecule has 1 aliphatic heterocycles. The number of pyridine rings is 1. The normalized spacial score (nSPS) is 16.8. The van der Waals surface area contributed by atoms with Crippen LogP contribution < -0.4 is 4.74 Å². The summed E-state index contributed by atoms with van der Waals surface area (Å²) in [4.78, 5) is 31.3. The summed E-state index contributed by atoms with van der Waals surface area (Å²) < 4.78 is 19.9. The average Bonchev–Trinajstić information content (AvgIpc) is 3.19. The van der Waals surface area contributed by atoms with Crippen LogP contribution in [0.1, 0.15) is 16.9 Å². The summed E-state index contributed by atoms with van der Waals surface area (Å²) in [5, 5.41) is 12.8. The highest BCUT2D eigenvalue weighted by atomic mass is 19.1. The molecule has 1 N–H and O–H groups in total. The van der Waals surface area contributed by atoms with Crippen molar-refractivity contribution in [2.24, 2.45) is 0 Å². The summed E-state index contributed by atoms with van der Waals surface area (Å²) in [6, 6.07) is 3.74. The van der Waals surface area contributed by atoms with Crippen molar-refractivity contribution in [3.63, 3.8) is 0 Å². The van der Waals surface area contributed by atoms with Gasteiger partial charge in [0.25, 0.3) is 0 Å². The molecule has 0 aromatic carbocycles. The van der Waals surface area contributed by atoms with Gasteiger partial charge in [0.2, 0.25) is 5.88 Å². The molecule has 1 fully saturated rings. The number of halogens is 1. The minimum atomic E-state index is -1.17. The zero-order valence-electron chi connectivity index (χ0n) is 17.2. The highest BCUT2D eigenvalue weighted by Crippen LogP contribution is 2.18. The highest BCUT2D eigenvalue weighted by Gasteiger charge is 2.24. The summed E-state index contributed by atoms with van der Waals surface area (Å²) >= 11 is 0. The zero-order chi connectivity index (χ0) is 22.5. The number of carboxylic acids is 1. The lowest BCUT2D eigenvalue weighted by Crippen LogP contribution is -2.50. The molecule has 0 spiro atoms. The zero-order valence-corrected chi connectivity index (χ0v) is 17.2. The first kappa shape index (κ1) is 21.4. The van der Waals surface area contributed by atoms with Crippen LogP contribution in [-0.4, -0.2) is 74.4 Å². The molecule has 3 heterocycles. The van der Waals surface area contributed by atoms with Crippen LogP contribution in [0, 0.1) is 5.82 Å². The fourth-order valence-corrected chi connectivity index (χ4v) is 3.46. The maximum Gasteiger partial charge on any atom is 0.356 e. The Morgan fingerprint density at radius 3 is 2.66 bits per heavy atom. The van der Waals surface area contributed by atoms with Gasteiger partial charge >= 0.3 is 12.0 Å². The topological polar surface area (TPSA) is 101 Å². The fourth-order valence-electron chi connectivity index (χ4n) is 3.46. The van der Waals surface area contributed by atoms with Gasteiger partial charge in [-0.05, 0) is 36.3 Å². The molecule has 2 aliphatic rings. The van der Waals surface area contributed by atoms with Gasteiger partial charge in [-0.1, -0.05) is 12.2 Å². The number of hydrogen-bond acceptors (Lipinski definition) is 6. The lowest BCUT2D eigenvalue weighted by Gasteiger charge is -2.34. The lowest BCUT2D eigenvalue weighted by molar-refractivity contribution is 0.0689. The molecule has 1 saturated heterocycles. The van der Waals surface area contributed by atoms with Gasteiger partial charge in [-0.15, -0.1) is 0 Å². The third-order valence-electron chi connectivity index (χ3n) is 5.10. The summed E-state index contributed by atoms with van der Waals surface area (Å²) in [5.41, 5.74) is 0.914. The molecule has 32 heavy (non-hydrogen) atoms. The Kier molecular flexibility index (Phi) is 6.41. The van der Waals surface area contributed by atoms with Crippen LogP contribution >= 0.6 is 0 Å². The van der Waals surface area contributed by atoms with Crippen LogP contribution in [0.4, 0.5) is 9.18 Å². The largest absolute Gasteiger partial charge is 0.476 e. The summed E-state index contributed by atoms with van der Waals surface area (Å²) in [7, 11) is 0. The number of hydrogen-bond donors (Lipinski definition) is 1. The quantitative estimate of drug-likeness (QED) is 0.764. The Bertz CT molecular complexity index is 1080. The Morgan fingerprint density at radius 2 is 1.97 bits per heavy atom. The van der Waals surface area contributed by atoms with Crippen molar-refractivity contribution in [1.82, 2.24) is 24.6 Å². The molecular weight excluding hydrogens is 417 g/mol. The van der Waals surface area contributed by atoms with E-state index in [0.717, 1.165) is 22.9 Å². The second-order valence-electron chi connectivity index (χ2n) is 7.38. The first-order chi connectivity index (χ1) is 15.5.